The molecule has 0 radical (unpaired) electrons. The molecule has 0 unspecified atom stereocenters. The lowest BCUT2D eigenvalue weighted by Gasteiger charge is -1.95. The fraction of sp³-hybridized carbons (Fsp3) is 0.200. The van der Waals surface area contributed by atoms with Crippen LogP contribution in [0, 0.1) is 13.8 Å². The average molecular weight is 199 g/mol. The molecule has 0 aromatic carbocycles. The zero-order chi connectivity index (χ0) is 10.4. The molecule has 0 bridgehead atoms. The van der Waals surface area contributed by atoms with Crippen molar-refractivity contribution < 1.29 is 0 Å². The Bertz CT molecular complexity index is 655. The second-order valence-corrected chi connectivity index (χ2v) is 3.56. The van der Waals surface area contributed by atoms with E-state index in [0.717, 1.165) is 27.9 Å². The molecule has 3 aromatic heterocycles. The van der Waals surface area contributed by atoms with Crippen LogP contribution in [0.25, 0.3) is 16.7 Å². The SMILES string of the molecule is Cc1cc(C)c2nn3cncnc3c2n1. The van der Waals surface area contributed by atoms with Crippen molar-refractivity contribution in [2.45, 2.75) is 13.8 Å². The van der Waals surface area contributed by atoms with Gasteiger partial charge in [0, 0.05) is 5.69 Å². The normalized spacial score (nSPS) is 11.3. The van der Waals surface area contributed by atoms with E-state index >= 15 is 0 Å². The number of pyridine rings is 1. The van der Waals surface area contributed by atoms with E-state index in [0.29, 0.717) is 0 Å². The van der Waals surface area contributed by atoms with Crippen molar-refractivity contribution in [3.8, 4) is 0 Å². The molecule has 5 heteroatoms. The first-order valence-electron chi connectivity index (χ1n) is 4.68. The molecule has 0 N–H and O–H groups in total. The van der Waals surface area contributed by atoms with Gasteiger partial charge in [0.05, 0.1) is 0 Å². The van der Waals surface area contributed by atoms with Crippen molar-refractivity contribution in [1.29, 1.82) is 0 Å². The molecule has 3 aromatic rings. The summed E-state index contributed by atoms with van der Waals surface area (Å²) in [6.45, 7) is 3.99. The lowest BCUT2D eigenvalue weighted by Crippen LogP contribution is -1.89. The van der Waals surface area contributed by atoms with Crippen molar-refractivity contribution in [1.82, 2.24) is 24.6 Å². The largest absolute Gasteiger partial charge is 0.247 e. The standard InChI is InChI=1S/C10H9N5/c1-6-3-7(2)13-9-8(6)14-15-5-11-4-12-10(9)15/h3-5H,1-2H3. The van der Waals surface area contributed by atoms with Gasteiger partial charge in [0.2, 0.25) is 0 Å². The van der Waals surface area contributed by atoms with E-state index < -0.39 is 0 Å². The quantitative estimate of drug-likeness (QED) is 0.547. The third kappa shape index (κ3) is 1.09. The zero-order valence-corrected chi connectivity index (χ0v) is 8.47. The fourth-order valence-electron chi connectivity index (χ4n) is 1.76. The number of aromatic nitrogens is 5. The summed E-state index contributed by atoms with van der Waals surface area (Å²) in [6, 6.07) is 2.02. The minimum absolute atomic E-state index is 0.756. The Balaban J connectivity index is 2.61. The summed E-state index contributed by atoms with van der Waals surface area (Å²) in [6.07, 6.45) is 3.15. The first-order chi connectivity index (χ1) is 7.25. The minimum Gasteiger partial charge on any atom is -0.247 e. The topological polar surface area (TPSA) is 56.0 Å². The van der Waals surface area contributed by atoms with Crippen molar-refractivity contribution in [3.05, 3.63) is 30.0 Å². The predicted octanol–water partition coefficient (Wildman–Crippen LogP) is 1.29. The summed E-state index contributed by atoms with van der Waals surface area (Å²) >= 11 is 0. The molecular formula is C10H9N5. The highest BCUT2D eigenvalue weighted by Crippen LogP contribution is 2.18. The molecule has 0 fully saturated rings. The van der Waals surface area contributed by atoms with Crippen LogP contribution in [-0.2, 0) is 0 Å². The molecule has 5 nitrogen and oxygen atoms in total. The molecule has 0 spiro atoms. The first-order valence-corrected chi connectivity index (χ1v) is 4.68. The van der Waals surface area contributed by atoms with Gasteiger partial charge in [-0.3, -0.25) is 0 Å². The lowest BCUT2D eigenvalue weighted by atomic mass is 10.2. The second kappa shape index (κ2) is 2.73. The van der Waals surface area contributed by atoms with E-state index in [2.05, 4.69) is 20.1 Å². The molecule has 74 valence electrons. The molecule has 0 amide bonds. The second-order valence-electron chi connectivity index (χ2n) is 3.56. The van der Waals surface area contributed by atoms with Gasteiger partial charge in [0.1, 0.15) is 23.7 Å². The number of rotatable bonds is 0. The Labute approximate surface area is 85.8 Å². The van der Waals surface area contributed by atoms with Crippen LogP contribution in [0.5, 0.6) is 0 Å². The molecule has 0 aliphatic rings. The third-order valence-electron chi connectivity index (χ3n) is 2.37. The van der Waals surface area contributed by atoms with Gasteiger partial charge in [-0.2, -0.15) is 5.10 Å². The van der Waals surface area contributed by atoms with Crippen LogP contribution in [0.3, 0.4) is 0 Å². The van der Waals surface area contributed by atoms with Gasteiger partial charge in [-0.15, -0.1) is 0 Å². The molecule has 0 saturated heterocycles. The summed E-state index contributed by atoms with van der Waals surface area (Å²) in [4.78, 5) is 12.6. The van der Waals surface area contributed by atoms with Gasteiger partial charge in [-0.05, 0) is 25.5 Å². The van der Waals surface area contributed by atoms with Gasteiger partial charge in [0.15, 0.2) is 5.65 Å². The molecule has 3 heterocycles. The van der Waals surface area contributed by atoms with Gasteiger partial charge in [0.25, 0.3) is 0 Å². The molecule has 0 aliphatic carbocycles. The first kappa shape index (κ1) is 8.28. The number of hydrogen-bond acceptors (Lipinski definition) is 4. The van der Waals surface area contributed by atoms with E-state index in [1.807, 2.05) is 19.9 Å². The minimum atomic E-state index is 0.756. The molecule has 3 rings (SSSR count). The number of hydrogen-bond donors (Lipinski definition) is 0. The maximum absolute atomic E-state index is 4.45. The Morgan fingerprint density at radius 3 is 2.93 bits per heavy atom. The summed E-state index contributed by atoms with van der Waals surface area (Å²) < 4.78 is 1.66. The van der Waals surface area contributed by atoms with Crippen LogP contribution >= 0.6 is 0 Å². The summed E-state index contributed by atoms with van der Waals surface area (Å²) in [5.41, 5.74) is 4.58. The van der Waals surface area contributed by atoms with Crippen LogP contribution in [0.1, 0.15) is 11.3 Å². The van der Waals surface area contributed by atoms with Crippen molar-refractivity contribution in [2.75, 3.05) is 0 Å². The third-order valence-corrected chi connectivity index (χ3v) is 2.37. The van der Waals surface area contributed by atoms with E-state index in [-0.39, 0.29) is 0 Å². The Morgan fingerprint density at radius 1 is 1.20 bits per heavy atom. The van der Waals surface area contributed by atoms with Crippen LogP contribution in [0.15, 0.2) is 18.7 Å². The van der Waals surface area contributed by atoms with Gasteiger partial charge >= 0.3 is 0 Å². The Kier molecular flexibility index (Phi) is 1.50. The Hall–Kier alpha value is -2.04. The monoisotopic (exact) mass is 199 g/mol. The van der Waals surface area contributed by atoms with E-state index in [4.69, 9.17) is 0 Å². The molecule has 0 saturated carbocycles. The number of nitrogens with zero attached hydrogens (tertiary/aromatic N) is 5. The van der Waals surface area contributed by atoms with Crippen molar-refractivity contribution in [2.24, 2.45) is 0 Å². The highest BCUT2D eigenvalue weighted by molar-refractivity contribution is 5.90. The Morgan fingerprint density at radius 2 is 2.07 bits per heavy atom. The summed E-state index contributed by atoms with van der Waals surface area (Å²) in [5, 5.41) is 4.38. The predicted molar refractivity (Wildman–Crippen MR) is 55.6 cm³/mol. The van der Waals surface area contributed by atoms with Gasteiger partial charge in [-0.1, -0.05) is 0 Å². The fourth-order valence-corrected chi connectivity index (χ4v) is 1.76. The van der Waals surface area contributed by atoms with Crippen LogP contribution < -0.4 is 0 Å². The number of fused-ring (bicyclic) bond motifs is 3. The smallest absolute Gasteiger partial charge is 0.184 e. The average Bonchev–Trinajstić information content (AvgIpc) is 2.57. The number of aryl methyl sites for hydroxylation is 2. The van der Waals surface area contributed by atoms with E-state index in [9.17, 15) is 0 Å². The van der Waals surface area contributed by atoms with Crippen LogP contribution in [-0.4, -0.2) is 24.6 Å². The van der Waals surface area contributed by atoms with Crippen molar-refractivity contribution >= 4 is 16.7 Å². The highest BCUT2D eigenvalue weighted by Gasteiger charge is 2.09. The van der Waals surface area contributed by atoms with E-state index in [1.54, 1.807) is 10.8 Å². The molecule has 15 heavy (non-hydrogen) atoms. The maximum Gasteiger partial charge on any atom is 0.184 e. The van der Waals surface area contributed by atoms with Crippen molar-refractivity contribution in [3.63, 3.8) is 0 Å². The summed E-state index contributed by atoms with van der Waals surface area (Å²) in [7, 11) is 0. The van der Waals surface area contributed by atoms with Gasteiger partial charge < -0.3 is 0 Å². The van der Waals surface area contributed by atoms with Crippen LogP contribution in [0.4, 0.5) is 0 Å². The lowest BCUT2D eigenvalue weighted by molar-refractivity contribution is 0.903. The molecule has 0 atom stereocenters. The van der Waals surface area contributed by atoms with E-state index in [1.165, 1.54) is 6.33 Å². The molecular weight excluding hydrogens is 190 g/mol. The zero-order valence-electron chi connectivity index (χ0n) is 8.47. The van der Waals surface area contributed by atoms with Gasteiger partial charge in [-0.25, -0.2) is 19.5 Å². The highest BCUT2D eigenvalue weighted by atomic mass is 15.3. The van der Waals surface area contributed by atoms with Crippen LogP contribution in [0.2, 0.25) is 0 Å². The summed E-state index contributed by atoms with van der Waals surface area (Å²) in [5.74, 6) is 0. The maximum atomic E-state index is 4.45. The molecule has 0 aliphatic heterocycles.